The van der Waals surface area contributed by atoms with Crippen LogP contribution in [0.1, 0.15) is 34.7 Å². The molecule has 2 aromatic rings. The van der Waals surface area contributed by atoms with E-state index in [9.17, 15) is 4.79 Å². The van der Waals surface area contributed by atoms with Crippen LogP contribution in [0.25, 0.3) is 0 Å². The van der Waals surface area contributed by atoms with Gasteiger partial charge in [-0.05, 0) is 38.1 Å². The predicted octanol–water partition coefficient (Wildman–Crippen LogP) is 2.30. The topological polar surface area (TPSA) is 49.3 Å². The van der Waals surface area contributed by atoms with E-state index in [0.29, 0.717) is 5.56 Å². The zero-order chi connectivity index (χ0) is 16.2. The maximum atomic E-state index is 12.6. The first kappa shape index (κ1) is 15.6. The van der Waals surface area contributed by atoms with E-state index in [1.807, 2.05) is 42.3 Å². The maximum Gasteiger partial charge on any atom is 0.255 e. The highest BCUT2D eigenvalue weighted by Crippen LogP contribution is 2.20. The summed E-state index contributed by atoms with van der Waals surface area (Å²) in [6.45, 7) is 7.26. The van der Waals surface area contributed by atoms with E-state index in [1.165, 1.54) is 0 Å². The van der Waals surface area contributed by atoms with Gasteiger partial charge in [0.15, 0.2) is 0 Å². The molecule has 0 N–H and O–H groups in total. The highest BCUT2D eigenvalue weighted by Gasteiger charge is 2.26. The first-order chi connectivity index (χ1) is 11.2. The fraction of sp³-hybridized carbons (Fsp3) is 0.389. The highest BCUT2D eigenvalue weighted by atomic mass is 16.2. The molecule has 0 aromatic carbocycles. The number of rotatable bonds is 3. The summed E-state index contributed by atoms with van der Waals surface area (Å²) in [7, 11) is 0. The van der Waals surface area contributed by atoms with Crippen molar-refractivity contribution < 1.29 is 4.79 Å². The van der Waals surface area contributed by atoms with E-state index in [0.717, 1.165) is 37.6 Å². The number of pyridine rings is 2. The Morgan fingerprint density at radius 2 is 1.78 bits per heavy atom. The van der Waals surface area contributed by atoms with E-state index in [4.69, 9.17) is 0 Å². The number of carbonyl (C=O) groups is 1. The van der Waals surface area contributed by atoms with Crippen LogP contribution in [-0.2, 0) is 0 Å². The van der Waals surface area contributed by atoms with Crippen molar-refractivity contribution in [3.63, 3.8) is 0 Å². The first-order valence-corrected chi connectivity index (χ1v) is 8.02. The molecule has 120 valence electrons. The van der Waals surface area contributed by atoms with Crippen LogP contribution < -0.4 is 0 Å². The van der Waals surface area contributed by atoms with Crippen molar-refractivity contribution in [1.29, 1.82) is 0 Å². The second-order valence-electron chi connectivity index (χ2n) is 5.90. The molecule has 1 atom stereocenters. The summed E-state index contributed by atoms with van der Waals surface area (Å²) in [5, 5.41) is 0. The van der Waals surface area contributed by atoms with Crippen LogP contribution in [0.4, 0.5) is 0 Å². The average molecular weight is 310 g/mol. The summed E-state index contributed by atoms with van der Waals surface area (Å²) >= 11 is 0. The van der Waals surface area contributed by atoms with Crippen LogP contribution in [0.3, 0.4) is 0 Å². The molecule has 23 heavy (non-hydrogen) atoms. The Hall–Kier alpha value is -2.27. The lowest BCUT2D eigenvalue weighted by atomic mass is 10.1. The molecule has 0 aliphatic carbocycles. The maximum absolute atomic E-state index is 12.6. The molecule has 5 heteroatoms. The SMILES string of the molecule is Cc1ncccc1C(=O)N1CCN([C@H](C)c2ccccn2)CC1. The second-order valence-corrected chi connectivity index (χ2v) is 5.90. The highest BCUT2D eigenvalue weighted by molar-refractivity contribution is 5.95. The van der Waals surface area contributed by atoms with Crippen LogP contribution in [0, 0.1) is 6.92 Å². The van der Waals surface area contributed by atoms with Crippen molar-refractivity contribution in [3.05, 3.63) is 59.7 Å². The van der Waals surface area contributed by atoms with Gasteiger partial charge in [-0.25, -0.2) is 0 Å². The lowest BCUT2D eigenvalue weighted by Gasteiger charge is -2.38. The summed E-state index contributed by atoms with van der Waals surface area (Å²) in [6, 6.07) is 9.95. The van der Waals surface area contributed by atoms with E-state index < -0.39 is 0 Å². The largest absolute Gasteiger partial charge is 0.336 e. The fourth-order valence-electron chi connectivity index (χ4n) is 3.00. The molecule has 0 bridgehead atoms. The van der Waals surface area contributed by atoms with Crippen molar-refractivity contribution in [3.8, 4) is 0 Å². The van der Waals surface area contributed by atoms with Crippen LogP contribution in [0.2, 0.25) is 0 Å². The molecule has 1 saturated heterocycles. The van der Waals surface area contributed by atoms with Crippen molar-refractivity contribution in [2.75, 3.05) is 26.2 Å². The second kappa shape index (κ2) is 6.87. The number of amides is 1. The van der Waals surface area contributed by atoms with Crippen LogP contribution >= 0.6 is 0 Å². The van der Waals surface area contributed by atoms with Crippen molar-refractivity contribution >= 4 is 5.91 Å². The van der Waals surface area contributed by atoms with Crippen LogP contribution in [0.15, 0.2) is 42.7 Å². The third-order valence-corrected chi connectivity index (χ3v) is 4.50. The normalized spacial score (nSPS) is 17.0. The standard InChI is InChI=1S/C18H22N4O/c1-14-16(6-5-9-19-14)18(23)22-12-10-21(11-13-22)15(2)17-7-3-4-8-20-17/h3-9,15H,10-13H2,1-2H3/t15-/m1/s1. The zero-order valence-electron chi connectivity index (χ0n) is 13.6. The summed E-state index contributed by atoms with van der Waals surface area (Å²) in [5.74, 6) is 0.0840. The molecule has 3 heterocycles. The van der Waals surface area contributed by atoms with E-state index in [2.05, 4.69) is 27.9 Å². The molecule has 0 radical (unpaired) electrons. The van der Waals surface area contributed by atoms with Gasteiger partial charge in [0.25, 0.3) is 5.91 Å². The molecule has 2 aromatic heterocycles. The molecule has 0 spiro atoms. The van der Waals surface area contributed by atoms with Gasteiger partial charge in [0.2, 0.25) is 0 Å². The van der Waals surface area contributed by atoms with Crippen LogP contribution in [0.5, 0.6) is 0 Å². The first-order valence-electron chi connectivity index (χ1n) is 8.02. The third-order valence-electron chi connectivity index (χ3n) is 4.50. The molecule has 5 nitrogen and oxygen atoms in total. The van der Waals surface area contributed by atoms with Gasteiger partial charge in [-0.2, -0.15) is 0 Å². The summed E-state index contributed by atoms with van der Waals surface area (Å²) < 4.78 is 0. The Morgan fingerprint density at radius 3 is 2.43 bits per heavy atom. The van der Waals surface area contributed by atoms with Gasteiger partial charge in [-0.1, -0.05) is 6.07 Å². The molecular formula is C18H22N4O. The van der Waals surface area contributed by atoms with Crippen molar-refractivity contribution in [2.24, 2.45) is 0 Å². The molecule has 0 saturated carbocycles. The predicted molar refractivity (Wildman–Crippen MR) is 89.1 cm³/mol. The van der Waals surface area contributed by atoms with E-state index >= 15 is 0 Å². The molecule has 3 rings (SSSR count). The summed E-state index contributed by atoms with van der Waals surface area (Å²) in [4.78, 5) is 25.6. The summed E-state index contributed by atoms with van der Waals surface area (Å²) in [6.07, 6.45) is 3.55. The van der Waals surface area contributed by atoms with Gasteiger partial charge in [-0.15, -0.1) is 0 Å². The lowest BCUT2D eigenvalue weighted by molar-refractivity contribution is 0.0578. The molecule has 1 aliphatic heterocycles. The monoisotopic (exact) mass is 310 g/mol. The van der Waals surface area contributed by atoms with Gasteiger partial charge < -0.3 is 4.90 Å². The van der Waals surface area contributed by atoms with Gasteiger partial charge >= 0.3 is 0 Å². The number of carbonyl (C=O) groups excluding carboxylic acids is 1. The Bertz CT molecular complexity index is 666. The van der Waals surface area contributed by atoms with E-state index in [1.54, 1.807) is 6.20 Å². The molecular weight excluding hydrogens is 288 g/mol. The smallest absolute Gasteiger partial charge is 0.255 e. The summed E-state index contributed by atoms with van der Waals surface area (Å²) in [5.41, 5.74) is 2.58. The van der Waals surface area contributed by atoms with Gasteiger partial charge in [-0.3, -0.25) is 19.7 Å². The number of aromatic nitrogens is 2. The van der Waals surface area contributed by atoms with Crippen LogP contribution in [-0.4, -0.2) is 51.9 Å². The lowest BCUT2D eigenvalue weighted by Crippen LogP contribution is -2.49. The third kappa shape index (κ3) is 3.40. The number of nitrogens with zero attached hydrogens (tertiary/aromatic N) is 4. The Kier molecular flexibility index (Phi) is 4.67. The Balaban J connectivity index is 1.62. The van der Waals surface area contributed by atoms with Gasteiger partial charge in [0.1, 0.15) is 0 Å². The molecule has 1 aliphatic rings. The Morgan fingerprint density at radius 1 is 1.04 bits per heavy atom. The quantitative estimate of drug-likeness (QED) is 0.873. The zero-order valence-corrected chi connectivity index (χ0v) is 13.6. The minimum atomic E-state index is 0.0840. The number of hydrogen-bond donors (Lipinski definition) is 0. The number of aryl methyl sites for hydroxylation is 1. The van der Waals surface area contributed by atoms with E-state index in [-0.39, 0.29) is 11.9 Å². The Labute approximate surface area is 137 Å². The van der Waals surface area contributed by atoms with Crippen molar-refractivity contribution in [2.45, 2.75) is 19.9 Å². The van der Waals surface area contributed by atoms with Gasteiger partial charge in [0, 0.05) is 50.3 Å². The number of hydrogen-bond acceptors (Lipinski definition) is 4. The molecule has 0 unspecified atom stereocenters. The fourth-order valence-corrected chi connectivity index (χ4v) is 3.00. The average Bonchev–Trinajstić information content (AvgIpc) is 2.62. The van der Waals surface area contributed by atoms with Gasteiger partial charge in [0.05, 0.1) is 11.3 Å². The minimum absolute atomic E-state index is 0.0840. The number of piperazine rings is 1. The minimum Gasteiger partial charge on any atom is -0.336 e. The molecule has 1 amide bonds. The molecule has 1 fully saturated rings. The van der Waals surface area contributed by atoms with Crippen molar-refractivity contribution in [1.82, 2.24) is 19.8 Å².